The van der Waals surface area contributed by atoms with Gasteiger partial charge in [0.05, 0.1) is 19.3 Å². The second kappa shape index (κ2) is 5.51. The molecular weight excluding hydrogens is 231 g/mol. The first-order valence-corrected chi connectivity index (χ1v) is 5.53. The highest BCUT2D eigenvalue weighted by Gasteiger charge is 2.23. The predicted molar refractivity (Wildman–Crippen MR) is 57.5 cm³/mol. The number of rotatable bonds is 3. The second-order valence-electron chi connectivity index (χ2n) is 4.06. The molecule has 0 radical (unpaired) electrons. The van der Waals surface area contributed by atoms with Gasteiger partial charge in [-0.15, -0.1) is 0 Å². The van der Waals surface area contributed by atoms with E-state index in [-0.39, 0.29) is 18.5 Å². The number of alkyl halides is 2. The molecule has 0 bridgehead atoms. The van der Waals surface area contributed by atoms with Gasteiger partial charge in [0.25, 0.3) is 6.43 Å². The van der Waals surface area contributed by atoms with E-state index in [4.69, 9.17) is 4.74 Å². The topological polar surface area (TPSA) is 12.5 Å². The number of ether oxygens (including phenoxy) is 1. The van der Waals surface area contributed by atoms with Crippen molar-refractivity contribution in [1.29, 1.82) is 0 Å². The summed E-state index contributed by atoms with van der Waals surface area (Å²) in [5.74, 6) is -0.311. The van der Waals surface area contributed by atoms with Crippen LogP contribution in [0.25, 0.3) is 0 Å². The van der Waals surface area contributed by atoms with Gasteiger partial charge in [-0.05, 0) is 17.7 Å². The maximum absolute atomic E-state index is 12.8. The first-order chi connectivity index (χ1) is 8.15. The van der Waals surface area contributed by atoms with Gasteiger partial charge in [0.1, 0.15) is 5.82 Å². The number of halogens is 3. The molecule has 1 atom stereocenters. The van der Waals surface area contributed by atoms with Crippen LogP contribution in [0.3, 0.4) is 0 Å². The normalized spacial score (nSPS) is 22.0. The van der Waals surface area contributed by atoms with E-state index in [2.05, 4.69) is 0 Å². The lowest BCUT2D eigenvalue weighted by atomic mass is 10.1. The highest BCUT2D eigenvalue weighted by molar-refractivity contribution is 5.19. The summed E-state index contributed by atoms with van der Waals surface area (Å²) in [6.07, 6.45) is -2.58. The van der Waals surface area contributed by atoms with E-state index in [1.807, 2.05) is 0 Å². The molecule has 1 aliphatic heterocycles. The molecule has 17 heavy (non-hydrogen) atoms. The van der Waals surface area contributed by atoms with Gasteiger partial charge in [-0.25, -0.2) is 13.2 Å². The third-order valence-electron chi connectivity index (χ3n) is 2.79. The SMILES string of the molecule is Fc1ccc([C@@H]2CN(CC(F)F)CCO2)cc1. The molecule has 1 aliphatic rings. The number of benzene rings is 1. The van der Waals surface area contributed by atoms with E-state index in [1.165, 1.54) is 12.1 Å². The van der Waals surface area contributed by atoms with Gasteiger partial charge in [0.15, 0.2) is 0 Å². The van der Waals surface area contributed by atoms with Crippen molar-refractivity contribution in [1.82, 2.24) is 4.90 Å². The molecule has 94 valence electrons. The van der Waals surface area contributed by atoms with Crippen molar-refractivity contribution < 1.29 is 17.9 Å². The highest BCUT2D eigenvalue weighted by Crippen LogP contribution is 2.22. The summed E-state index contributed by atoms with van der Waals surface area (Å²) in [6.45, 7) is 1.13. The standard InChI is InChI=1S/C12H14F3NO/c13-10-3-1-9(2-4-10)11-7-16(5-6-17-11)8-12(14)15/h1-4,11-12H,5-8H2/t11-/m0/s1. The molecule has 0 aromatic heterocycles. The van der Waals surface area contributed by atoms with Crippen LogP contribution in [-0.2, 0) is 4.74 Å². The van der Waals surface area contributed by atoms with Crippen molar-refractivity contribution in [2.75, 3.05) is 26.2 Å². The lowest BCUT2D eigenvalue weighted by Crippen LogP contribution is -2.40. The number of nitrogens with zero attached hydrogens (tertiary/aromatic N) is 1. The number of hydrogen-bond donors (Lipinski definition) is 0. The van der Waals surface area contributed by atoms with Gasteiger partial charge in [-0.2, -0.15) is 0 Å². The molecule has 1 saturated heterocycles. The molecule has 1 aromatic carbocycles. The Labute approximate surface area is 98.0 Å². The van der Waals surface area contributed by atoms with E-state index < -0.39 is 6.43 Å². The molecule has 0 spiro atoms. The second-order valence-corrected chi connectivity index (χ2v) is 4.06. The smallest absolute Gasteiger partial charge is 0.251 e. The van der Waals surface area contributed by atoms with Crippen molar-refractivity contribution >= 4 is 0 Å². The van der Waals surface area contributed by atoms with Crippen LogP contribution >= 0.6 is 0 Å². The molecule has 2 nitrogen and oxygen atoms in total. The molecule has 0 saturated carbocycles. The Balaban J connectivity index is 1.99. The number of hydrogen-bond acceptors (Lipinski definition) is 2. The monoisotopic (exact) mass is 245 g/mol. The summed E-state index contributed by atoms with van der Waals surface area (Å²) in [7, 11) is 0. The fraction of sp³-hybridized carbons (Fsp3) is 0.500. The molecule has 1 heterocycles. The van der Waals surface area contributed by atoms with Crippen LogP contribution in [0.4, 0.5) is 13.2 Å². The number of morpholine rings is 1. The van der Waals surface area contributed by atoms with Crippen LogP contribution in [0.15, 0.2) is 24.3 Å². The Bertz CT molecular complexity index is 355. The summed E-state index contributed by atoms with van der Waals surface area (Å²) >= 11 is 0. The summed E-state index contributed by atoms with van der Waals surface area (Å²) in [4.78, 5) is 1.67. The molecule has 1 fully saturated rings. The Morgan fingerprint density at radius 1 is 1.29 bits per heavy atom. The van der Waals surface area contributed by atoms with Crippen LogP contribution in [0, 0.1) is 5.82 Å². The van der Waals surface area contributed by atoms with Crippen molar-refractivity contribution in [3.05, 3.63) is 35.6 Å². The fourth-order valence-electron chi connectivity index (χ4n) is 1.94. The van der Waals surface area contributed by atoms with E-state index in [0.717, 1.165) is 5.56 Å². The van der Waals surface area contributed by atoms with Crippen LogP contribution in [-0.4, -0.2) is 37.6 Å². The van der Waals surface area contributed by atoms with Crippen molar-refractivity contribution in [3.8, 4) is 0 Å². The summed E-state index contributed by atoms with van der Waals surface area (Å²) in [5.41, 5.74) is 0.824. The zero-order valence-electron chi connectivity index (χ0n) is 9.28. The average molecular weight is 245 g/mol. The van der Waals surface area contributed by atoms with E-state index in [0.29, 0.717) is 19.7 Å². The molecule has 2 rings (SSSR count). The minimum atomic E-state index is -2.33. The Morgan fingerprint density at radius 2 is 2.00 bits per heavy atom. The third-order valence-corrected chi connectivity index (χ3v) is 2.79. The quantitative estimate of drug-likeness (QED) is 0.811. The van der Waals surface area contributed by atoms with Gasteiger partial charge in [-0.1, -0.05) is 12.1 Å². The van der Waals surface area contributed by atoms with Crippen molar-refractivity contribution in [2.24, 2.45) is 0 Å². The third kappa shape index (κ3) is 3.44. The highest BCUT2D eigenvalue weighted by atomic mass is 19.3. The van der Waals surface area contributed by atoms with Gasteiger partial charge in [-0.3, -0.25) is 4.90 Å². The Hall–Kier alpha value is -1.07. The Kier molecular flexibility index (Phi) is 4.02. The van der Waals surface area contributed by atoms with E-state index >= 15 is 0 Å². The largest absolute Gasteiger partial charge is 0.371 e. The van der Waals surface area contributed by atoms with Crippen molar-refractivity contribution in [2.45, 2.75) is 12.5 Å². The Morgan fingerprint density at radius 3 is 2.65 bits per heavy atom. The summed E-state index contributed by atoms with van der Waals surface area (Å²) in [5, 5.41) is 0. The van der Waals surface area contributed by atoms with Crippen LogP contribution in [0.1, 0.15) is 11.7 Å². The lowest BCUT2D eigenvalue weighted by molar-refractivity contribution is -0.0461. The predicted octanol–water partition coefficient (Wildman–Crippen LogP) is 2.46. The van der Waals surface area contributed by atoms with Gasteiger partial charge in [0.2, 0.25) is 0 Å². The molecular formula is C12H14F3NO. The minimum absolute atomic E-state index is 0.235. The fourth-order valence-corrected chi connectivity index (χ4v) is 1.94. The summed E-state index contributed by atoms with van der Waals surface area (Å²) < 4.78 is 42.8. The minimum Gasteiger partial charge on any atom is -0.371 e. The van der Waals surface area contributed by atoms with Crippen LogP contribution < -0.4 is 0 Å². The molecule has 1 aromatic rings. The molecule has 0 aliphatic carbocycles. The maximum Gasteiger partial charge on any atom is 0.251 e. The zero-order chi connectivity index (χ0) is 12.3. The van der Waals surface area contributed by atoms with Crippen LogP contribution in [0.2, 0.25) is 0 Å². The first-order valence-electron chi connectivity index (χ1n) is 5.53. The summed E-state index contributed by atoms with van der Waals surface area (Å²) in [6, 6.07) is 5.97. The van der Waals surface area contributed by atoms with Crippen molar-refractivity contribution in [3.63, 3.8) is 0 Å². The van der Waals surface area contributed by atoms with Gasteiger partial charge >= 0.3 is 0 Å². The van der Waals surface area contributed by atoms with Crippen LogP contribution in [0.5, 0.6) is 0 Å². The van der Waals surface area contributed by atoms with Gasteiger partial charge < -0.3 is 4.74 Å². The van der Waals surface area contributed by atoms with E-state index in [1.54, 1.807) is 17.0 Å². The molecule has 0 N–H and O–H groups in total. The average Bonchev–Trinajstić information content (AvgIpc) is 2.29. The van der Waals surface area contributed by atoms with E-state index in [9.17, 15) is 13.2 Å². The van der Waals surface area contributed by atoms with Gasteiger partial charge in [0, 0.05) is 13.1 Å². The maximum atomic E-state index is 12.8. The first kappa shape index (κ1) is 12.4. The molecule has 0 unspecified atom stereocenters. The molecule has 0 amide bonds. The molecule has 5 heteroatoms. The zero-order valence-corrected chi connectivity index (χ0v) is 9.28. The lowest BCUT2D eigenvalue weighted by Gasteiger charge is -2.32.